The molecule has 0 saturated carbocycles. The second-order valence-corrected chi connectivity index (χ2v) is 5.54. The number of rotatable bonds is 3. The van der Waals surface area contributed by atoms with Crippen molar-refractivity contribution in [3.63, 3.8) is 0 Å². The molecule has 2 aromatic rings. The van der Waals surface area contributed by atoms with Gasteiger partial charge < -0.3 is 4.90 Å². The van der Waals surface area contributed by atoms with Gasteiger partial charge in [0.25, 0.3) is 0 Å². The Morgan fingerprint density at radius 2 is 2.18 bits per heavy atom. The normalized spacial score (nSPS) is 18.9. The minimum Gasteiger partial charge on any atom is -0.351 e. The summed E-state index contributed by atoms with van der Waals surface area (Å²) >= 11 is 6.02. The Labute approximate surface area is 129 Å². The Hall–Kier alpha value is -1.83. The minimum absolute atomic E-state index is 0.0142. The molecule has 2 aromatic heterocycles. The number of anilines is 1. The van der Waals surface area contributed by atoms with Gasteiger partial charge in [-0.2, -0.15) is 18.3 Å². The van der Waals surface area contributed by atoms with Gasteiger partial charge in [-0.1, -0.05) is 11.6 Å². The van der Waals surface area contributed by atoms with Crippen molar-refractivity contribution < 1.29 is 13.2 Å². The van der Waals surface area contributed by atoms with Crippen LogP contribution in [0.3, 0.4) is 0 Å². The van der Waals surface area contributed by atoms with Gasteiger partial charge in [0, 0.05) is 12.7 Å². The van der Waals surface area contributed by atoms with E-state index in [4.69, 9.17) is 11.6 Å². The minimum atomic E-state index is -4.44. The van der Waals surface area contributed by atoms with E-state index in [-0.39, 0.29) is 11.1 Å². The molecule has 1 unspecified atom stereocenters. The first-order valence-corrected chi connectivity index (χ1v) is 7.15. The second kappa shape index (κ2) is 5.75. The van der Waals surface area contributed by atoms with Crippen molar-refractivity contribution in [2.24, 2.45) is 0 Å². The number of nitrogens with zero attached hydrogens (tertiary/aromatic N) is 5. The molecule has 22 heavy (non-hydrogen) atoms. The van der Waals surface area contributed by atoms with Crippen molar-refractivity contribution in [1.82, 2.24) is 19.7 Å². The molecular formula is C13H13ClF3N5. The van der Waals surface area contributed by atoms with Crippen LogP contribution in [-0.2, 0) is 12.7 Å². The molecule has 0 N–H and O–H groups in total. The Morgan fingerprint density at radius 1 is 1.36 bits per heavy atom. The molecule has 9 heteroatoms. The van der Waals surface area contributed by atoms with Crippen molar-refractivity contribution in [2.45, 2.75) is 31.6 Å². The lowest BCUT2D eigenvalue weighted by molar-refractivity contribution is -0.137. The molecule has 0 bridgehead atoms. The van der Waals surface area contributed by atoms with E-state index in [1.165, 1.54) is 6.33 Å². The molecule has 3 heterocycles. The lowest BCUT2D eigenvalue weighted by atomic mass is 10.2. The molecule has 1 atom stereocenters. The highest BCUT2D eigenvalue weighted by Gasteiger charge is 2.33. The van der Waals surface area contributed by atoms with Gasteiger partial charge >= 0.3 is 6.18 Å². The average molecular weight is 332 g/mol. The molecule has 0 spiro atoms. The van der Waals surface area contributed by atoms with E-state index in [1.54, 1.807) is 11.0 Å². The van der Waals surface area contributed by atoms with Gasteiger partial charge in [-0.15, -0.1) is 0 Å². The van der Waals surface area contributed by atoms with Crippen molar-refractivity contribution in [2.75, 3.05) is 11.4 Å². The molecule has 3 rings (SSSR count). The summed E-state index contributed by atoms with van der Waals surface area (Å²) in [5.41, 5.74) is -0.840. The van der Waals surface area contributed by atoms with Gasteiger partial charge in [-0.05, 0) is 18.9 Å². The Bertz CT molecular complexity index is 644. The summed E-state index contributed by atoms with van der Waals surface area (Å²) < 4.78 is 39.7. The van der Waals surface area contributed by atoms with Crippen LogP contribution >= 0.6 is 11.6 Å². The van der Waals surface area contributed by atoms with Crippen molar-refractivity contribution >= 4 is 17.4 Å². The zero-order valence-corrected chi connectivity index (χ0v) is 12.2. The molecule has 0 amide bonds. The average Bonchev–Trinajstić information content (AvgIpc) is 3.10. The molecule has 0 aromatic carbocycles. The van der Waals surface area contributed by atoms with E-state index >= 15 is 0 Å². The molecule has 5 nitrogen and oxygen atoms in total. The number of aromatic nitrogens is 4. The first kappa shape index (κ1) is 15.1. The monoisotopic (exact) mass is 331 g/mol. The van der Waals surface area contributed by atoms with E-state index in [1.807, 2.05) is 4.90 Å². The van der Waals surface area contributed by atoms with E-state index in [0.29, 0.717) is 18.9 Å². The van der Waals surface area contributed by atoms with Crippen LogP contribution < -0.4 is 4.90 Å². The first-order chi connectivity index (χ1) is 10.4. The van der Waals surface area contributed by atoms with E-state index in [9.17, 15) is 13.2 Å². The summed E-state index contributed by atoms with van der Waals surface area (Å²) in [6, 6.07) is 1.01. The van der Waals surface area contributed by atoms with Crippen LogP contribution in [0.5, 0.6) is 0 Å². The molecule has 0 radical (unpaired) electrons. The predicted octanol–water partition coefficient (Wildman–Crippen LogP) is 3.01. The van der Waals surface area contributed by atoms with Crippen LogP contribution in [0.2, 0.25) is 5.02 Å². The summed E-state index contributed by atoms with van der Waals surface area (Å²) in [6.07, 6.45) is 1.27. The third-order valence-electron chi connectivity index (χ3n) is 3.66. The summed E-state index contributed by atoms with van der Waals surface area (Å²) in [5, 5.41) is 4.07. The van der Waals surface area contributed by atoms with Crippen molar-refractivity contribution in [3.05, 3.63) is 35.5 Å². The maximum atomic E-state index is 12.7. The molecule has 1 aliphatic rings. The van der Waals surface area contributed by atoms with Crippen LogP contribution in [-0.4, -0.2) is 32.3 Å². The highest BCUT2D eigenvalue weighted by atomic mass is 35.5. The molecule has 118 valence electrons. The Morgan fingerprint density at radius 3 is 2.82 bits per heavy atom. The fraction of sp³-hybridized carbons (Fsp3) is 0.462. The van der Waals surface area contributed by atoms with Gasteiger partial charge in [0.2, 0.25) is 0 Å². The molecule has 1 fully saturated rings. The smallest absolute Gasteiger partial charge is 0.351 e. The zero-order valence-electron chi connectivity index (χ0n) is 11.5. The number of pyridine rings is 1. The third kappa shape index (κ3) is 3.01. The standard InChI is InChI=1S/C13H13ClF3N5/c14-11-4-9(13(15,16)17)5-19-12(11)22-3-1-2-10(22)6-21-8-18-7-20-21/h4-5,7-8,10H,1-3,6H2. The predicted molar refractivity (Wildman–Crippen MR) is 74.6 cm³/mol. The highest BCUT2D eigenvalue weighted by molar-refractivity contribution is 6.33. The van der Waals surface area contributed by atoms with Gasteiger partial charge in [-0.25, -0.2) is 9.97 Å². The zero-order chi connectivity index (χ0) is 15.7. The molecule has 1 aliphatic heterocycles. The Kier molecular flexibility index (Phi) is 3.94. The summed E-state index contributed by atoms with van der Waals surface area (Å²) in [4.78, 5) is 9.75. The lowest BCUT2D eigenvalue weighted by Gasteiger charge is -2.26. The number of alkyl halides is 3. The first-order valence-electron chi connectivity index (χ1n) is 6.77. The summed E-state index contributed by atoms with van der Waals surface area (Å²) in [7, 11) is 0. The van der Waals surface area contributed by atoms with Crippen LogP contribution in [0.25, 0.3) is 0 Å². The lowest BCUT2D eigenvalue weighted by Crippen LogP contribution is -2.34. The fourth-order valence-electron chi connectivity index (χ4n) is 2.64. The maximum absolute atomic E-state index is 12.7. The summed E-state index contributed by atoms with van der Waals surface area (Å²) in [5.74, 6) is 0.386. The SMILES string of the molecule is FC(F)(F)c1cnc(N2CCCC2Cn2cncn2)c(Cl)c1. The van der Waals surface area contributed by atoms with Crippen LogP contribution in [0.4, 0.5) is 19.0 Å². The number of hydrogen-bond acceptors (Lipinski definition) is 4. The topological polar surface area (TPSA) is 46.8 Å². The van der Waals surface area contributed by atoms with Crippen LogP contribution in [0, 0.1) is 0 Å². The van der Waals surface area contributed by atoms with E-state index in [2.05, 4.69) is 15.1 Å². The molecule has 1 saturated heterocycles. The van der Waals surface area contributed by atoms with Crippen LogP contribution in [0.1, 0.15) is 18.4 Å². The van der Waals surface area contributed by atoms with Gasteiger partial charge in [0.1, 0.15) is 18.5 Å². The van der Waals surface area contributed by atoms with E-state index < -0.39 is 11.7 Å². The third-order valence-corrected chi connectivity index (χ3v) is 3.94. The molecule has 0 aliphatic carbocycles. The largest absolute Gasteiger partial charge is 0.417 e. The maximum Gasteiger partial charge on any atom is 0.417 e. The Balaban J connectivity index is 1.83. The van der Waals surface area contributed by atoms with Crippen LogP contribution in [0.15, 0.2) is 24.9 Å². The fourth-order valence-corrected chi connectivity index (χ4v) is 2.92. The summed E-state index contributed by atoms with van der Waals surface area (Å²) in [6.45, 7) is 1.30. The van der Waals surface area contributed by atoms with Gasteiger partial charge in [0.15, 0.2) is 0 Å². The number of hydrogen-bond donors (Lipinski definition) is 0. The quantitative estimate of drug-likeness (QED) is 0.867. The second-order valence-electron chi connectivity index (χ2n) is 5.13. The van der Waals surface area contributed by atoms with Gasteiger partial charge in [-0.3, -0.25) is 4.68 Å². The molecular weight excluding hydrogens is 319 g/mol. The van der Waals surface area contributed by atoms with Crippen molar-refractivity contribution in [3.8, 4) is 0 Å². The van der Waals surface area contributed by atoms with E-state index in [0.717, 1.165) is 25.1 Å². The van der Waals surface area contributed by atoms with Gasteiger partial charge in [0.05, 0.1) is 23.2 Å². The number of halogens is 4. The van der Waals surface area contributed by atoms with Crippen molar-refractivity contribution in [1.29, 1.82) is 0 Å². The highest BCUT2D eigenvalue weighted by Crippen LogP contribution is 2.35.